The summed E-state index contributed by atoms with van der Waals surface area (Å²) in [6.45, 7) is 10.5. The van der Waals surface area contributed by atoms with Crippen LogP contribution < -0.4 is 4.74 Å². The first kappa shape index (κ1) is 28.3. The van der Waals surface area contributed by atoms with Gasteiger partial charge in [0.15, 0.2) is 28.5 Å². The van der Waals surface area contributed by atoms with Crippen molar-refractivity contribution in [2.75, 3.05) is 12.4 Å². The summed E-state index contributed by atoms with van der Waals surface area (Å²) in [5, 5.41) is 12.3. The molecule has 0 bridgehead atoms. The normalized spacial score (nSPS) is 39.8. The lowest BCUT2D eigenvalue weighted by molar-refractivity contribution is -0.223. The Hall–Kier alpha value is -2.46. The number of benzene rings is 1. The number of ketones is 2. The number of Topliss-reactive ketones (excluding diaryl/α,β-unsaturated/α-hetero) is 1. The second-order valence-electron chi connectivity index (χ2n) is 13.5. The van der Waals surface area contributed by atoms with Gasteiger partial charge < -0.3 is 23.7 Å². The van der Waals surface area contributed by atoms with E-state index in [9.17, 15) is 14.7 Å². The molecular formula is C33H39NO7S. The number of aromatic nitrogens is 1. The van der Waals surface area contributed by atoms with Gasteiger partial charge in [0.2, 0.25) is 0 Å². The van der Waals surface area contributed by atoms with Gasteiger partial charge in [-0.25, -0.2) is 4.98 Å². The maximum atomic E-state index is 14.5. The van der Waals surface area contributed by atoms with Crippen molar-refractivity contribution in [2.45, 2.75) is 89.1 Å². The fraction of sp³-hybridized carbons (Fsp3) is 0.606. The Morgan fingerprint density at radius 2 is 2.05 bits per heavy atom. The summed E-state index contributed by atoms with van der Waals surface area (Å²) >= 11 is 1.27. The number of oxazole rings is 1. The Balaban J connectivity index is 1.19. The largest absolute Gasteiger partial charge is 0.494 e. The molecule has 1 aliphatic heterocycles. The number of fused-ring (bicyclic) bond motifs is 8. The third-order valence-electron chi connectivity index (χ3n) is 10.9. The molecule has 224 valence electrons. The van der Waals surface area contributed by atoms with Crippen molar-refractivity contribution in [2.24, 2.45) is 28.6 Å². The van der Waals surface area contributed by atoms with Gasteiger partial charge in [0.25, 0.3) is 5.22 Å². The molecule has 4 fully saturated rings. The monoisotopic (exact) mass is 593 g/mol. The summed E-state index contributed by atoms with van der Waals surface area (Å²) in [4.78, 5) is 31.2. The minimum Gasteiger partial charge on any atom is -0.494 e. The third-order valence-corrected chi connectivity index (χ3v) is 11.7. The predicted octanol–water partition coefficient (Wildman–Crippen LogP) is 5.67. The number of thioether (sulfide) groups is 1. The van der Waals surface area contributed by atoms with Crippen LogP contribution in [-0.4, -0.2) is 57.6 Å². The fourth-order valence-corrected chi connectivity index (χ4v) is 10.1. The van der Waals surface area contributed by atoms with E-state index in [1.54, 1.807) is 12.2 Å². The summed E-state index contributed by atoms with van der Waals surface area (Å²) in [5.41, 5.74) is 0.239. The minimum atomic E-state index is -1.19. The molecule has 8 atom stereocenters. The molecule has 1 aromatic heterocycles. The van der Waals surface area contributed by atoms with Crippen molar-refractivity contribution in [1.82, 2.24) is 4.98 Å². The van der Waals surface area contributed by atoms with E-state index in [4.69, 9.17) is 18.6 Å². The van der Waals surface area contributed by atoms with E-state index < -0.39 is 29.0 Å². The number of ether oxygens (including phenoxy) is 3. The van der Waals surface area contributed by atoms with E-state index in [0.29, 0.717) is 35.8 Å². The van der Waals surface area contributed by atoms with E-state index in [-0.39, 0.29) is 40.5 Å². The second-order valence-corrected chi connectivity index (χ2v) is 14.5. The minimum absolute atomic E-state index is 0.0196. The molecule has 0 amide bonds. The predicted molar refractivity (Wildman–Crippen MR) is 157 cm³/mol. The van der Waals surface area contributed by atoms with Crippen molar-refractivity contribution < 1.29 is 33.3 Å². The van der Waals surface area contributed by atoms with Crippen molar-refractivity contribution in [1.29, 1.82) is 0 Å². The summed E-state index contributed by atoms with van der Waals surface area (Å²) < 4.78 is 24.8. The van der Waals surface area contributed by atoms with E-state index in [1.165, 1.54) is 11.8 Å². The summed E-state index contributed by atoms with van der Waals surface area (Å²) in [7, 11) is 0. The molecule has 4 aliphatic carbocycles. The number of nitrogens with zero attached hydrogens (tertiary/aromatic N) is 1. The third kappa shape index (κ3) is 3.96. The molecule has 7 rings (SSSR count). The molecule has 42 heavy (non-hydrogen) atoms. The van der Waals surface area contributed by atoms with E-state index in [2.05, 4.69) is 18.8 Å². The summed E-state index contributed by atoms with van der Waals surface area (Å²) in [5.74, 6) is 0.153. The first-order valence-corrected chi connectivity index (χ1v) is 16.1. The Morgan fingerprint density at radius 3 is 2.83 bits per heavy atom. The van der Waals surface area contributed by atoms with Gasteiger partial charge >= 0.3 is 0 Å². The molecule has 5 unspecified atom stereocenters. The van der Waals surface area contributed by atoms with E-state index >= 15 is 0 Å². The van der Waals surface area contributed by atoms with Gasteiger partial charge in [0.05, 0.1) is 24.6 Å². The van der Waals surface area contributed by atoms with Crippen LogP contribution in [0.1, 0.15) is 60.3 Å². The first-order valence-electron chi connectivity index (χ1n) is 15.1. The maximum Gasteiger partial charge on any atom is 0.257 e. The Morgan fingerprint density at radius 1 is 1.24 bits per heavy atom. The highest BCUT2D eigenvalue weighted by Gasteiger charge is 2.76. The van der Waals surface area contributed by atoms with Gasteiger partial charge in [-0.1, -0.05) is 37.3 Å². The van der Waals surface area contributed by atoms with Crippen LogP contribution in [0.25, 0.3) is 11.1 Å². The van der Waals surface area contributed by atoms with Gasteiger partial charge in [0.1, 0.15) is 11.3 Å². The number of rotatable bonds is 6. The highest BCUT2D eigenvalue weighted by molar-refractivity contribution is 7.99. The molecule has 3 saturated carbocycles. The summed E-state index contributed by atoms with van der Waals surface area (Å²) in [6.07, 6.45) is 7.17. The van der Waals surface area contributed by atoms with Crippen molar-refractivity contribution >= 4 is 34.4 Å². The average Bonchev–Trinajstić information content (AvgIpc) is 3.53. The average molecular weight is 594 g/mol. The van der Waals surface area contributed by atoms with Crippen molar-refractivity contribution in [3.8, 4) is 5.75 Å². The SMILES string of the molecule is CCOc1ccc2oc(SCC(=O)[C@@]34OC(C)(C)O[C@@H]3CC3C5CCC6=CC(=O)C=CC6(C)C5[C@@H](O)CC34C)nc2c1. The van der Waals surface area contributed by atoms with Crippen LogP contribution in [0.15, 0.2) is 51.6 Å². The number of aliphatic hydroxyl groups excluding tert-OH is 1. The van der Waals surface area contributed by atoms with E-state index in [0.717, 1.165) is 24.2 Å². The van der Waals surface area contributed by atoms with Crippen LogP contribution in [0.4, 0.5) is 0 Å². The molecule has 5 aliphatic rings. The summed E-state index contributed by atoms with van der Waals surface area (Å²) in [6, 6.07) is 5.51. The molecule has 2 heterocycles. The lowest BCUT2D eigenvalue weighted by atomic mass is 9.46. The fourth-order valence-electron chi connectivity index (χ4n) is 9.36. The van der Waals surface area contributed by atoms with Crippen LogP contribution in [-0.2, 0) is 19.1 Å². The zero-order chi connectivity index (χ0) is 29.7. The van der Waals surface area contributed by atoms with Gasteiger partial charge in [-0.05, 0) is 82.6 Å². The highest BCUT2D eigenvalue weighted by atomic mass is 32.2. The quantitative estimate of drug-likeness (QED) is 0.424. The maximum absolute atomic E-state index is 14.5. The zero-order valence-corrected chi connectivity index (χ0v) is 25.7. The topological polar surface area (TPSA) is 108 Å². The standard InChI is InChI=1S/C33H39NO7S/c1-6-38-20-8-10-25-23(14-20)34-29(39-25)42-17-26(37)33-27(40-30(2,3)41-33)15-22-21-9-7-18-13-19(35)11-12-31(18,4)28(21)24(36)16-32(22,33)5/h8,10-14,21-22,24,27-28,36H,6-7,9,15-17H2,1-5H3/t21?,22?,24-,27+,28?,31?,32?,33+/m0/s1. The number of carbonyl (C=O) groups excluding carboxylic acids is 2. The molecule has 1 N–H and O–H groups in total. The molecule has 9 heteroatoms. The number of allylic oxidation sites excluding steroid dienone is 4. The van der Waals surface area contributed by atoms with Crippen LogP contribution in [0.5, 0.6) is 5.75 Å². The van der Waals surface area contributed by atoms with Crippen LogP contribution >= 0.6 is 11.8 Å². The Kier molecular flexibility index (Phi) is 6.42. The van der Waals surface area contributed by atoms with Gasteiger partial charge in [-0.2, -0.15) is 0 Å². The lowest BCUT2D eigenvalue weighted by Crippen LogP contribution is -2.63. The Labute approximate surface area is 250 Å². The number of aliphatic hydroxyl groups is 1. The molecule has 1 saturated heterocycles. The first-order chi connectivity index (χ1) is 19.9. The molecule has 2 aromatic rings. The number of hydrogen-bond acceptors (Lipinski definition) is 9. The molecule has 8 nitrogen and oxygen atoms in total. The zero-order valence-electron chi connectivity index (χ0n) is 24.8. The molecular weight excluding hydrogens is 554 g/mol. The number of hydrogen-bond donors (Lipinski definition) is 1. The lowest BCUT2D eigenvalue weighted by Gasteiger charge is -2.60. The van der Waals surface area contributed by atoms with Crippen LogP contribution in [0, 0.1) is 28.6 Å². The molecule has 0 spiro atoms. The number of carbonyl (C=O) groups is 2. The van der Waals surface area contributed by atoms with Crippen molar-refractivity contribution in [3.05, 3.63) is 42.0 Å². The molecule has 1 aromatic carbocycles. The van der Waals surface area contributed by atoms with Gasteiger partial charge in [-0.3, -0.25) is 9.59 Å². The van der Waals surface area contributed by atoms with Gasteiger partial charge in [0, 0.05) is 22.8 Å². The van der Waals surface area contributed by atoms with Crippen LogP contribution in [0.2, 0.25) is 0 Å². The Bertz CT molecular complexity index is 1530. The van der Waals surface area contributed by atoms with E-state index in [1.807, 2.05) is 45.0 Å². The van der Waals surface area contributed by atoms with Crippen molar-refractivity contribution in [3.63, 3.8) is 0 Å². The smallest absolute Gasteiger partial charge is 0.257 e. The highest BCUT2D eigenvalue weighted by Crippen LogP contribution is 2.70. The van der Waals surface area contributed by atoms with Crippen LogP contribution in [0.3, 0.4) is 0 Å². The molecule has 0 radical (unpaired) electrons. The van der Waals surface area contributed by atoms with Gasteiger partial charge in [-0.15, -0.1) is 0 Å². The second kappa shape index (κ2) is 9.52.